The summed E-state index contributed by atoms with van der Waals surface area (Å²) in [5.74, 6) is 1.32. The molecule has 3 aromatic rings. The fourth-order valence-corrected chi connectivity index (χ4v) is 3.34. The van der Waals surface area contributed by atoms with Crippen LogP contribution in [0.1, 0.15) is 16.8 Å². The Hall–Kier alpha value is -2.81. The second-order valence-electron chi connectivity index (χ2n) is 6.71. The average molecular weight is 391 g/mol. The van der Waals surface area contributed by atoms with Gasteiger partial charge in [0.05, 0.1) is 24.5 Å². The first-order valence-corrected chi connectivity index (χ1v) is 8.97. The van der Waals surface area contributed by atoms with E-state index >= 15 is 0 Å². The topological polar surface area (TPSA) is 54.7 Å². The van der Waals surface area contributed by atoms with Gasteiger partial charge in [-0.1, -0.05) is 6.07 Å². The van der Waals surface area contributed by atoms with Crippen molar-refractivity contribution in [2.45, 2.75) is 20.0 Å². The summed E-state index contributed by atoms with van der Waals surface area (Å²) in [7, 11) is 0. The van der Waals surface area contributed by atoms with Gasteiger partial charge in [-0.25, -0.2) is 4.98 Å². The molecule has 1 fully saturated rings. The molecule has 0 bridgehead atoms. The van der Waals surface area contributed by atoms with E-state index in [1.54, 1.807) is 17.5 Å². The molecule has 4 rings (SSSR count). The van der Waals surface area contributed by atoms with Crippen molar-refractivity contribution in [2.75, 3.05) is 36.5 Å². The van der Waals surface area contributed by atoms with E-state index in [9.17, 15) is 13.2 Å². The number of morpholine rings is 1. The molecule has 1 saturated heterocycles. The van der Waals surface area contributed by atoms with Gasteiger partial charge in [-0.2, -0.15) is 17.7 Å². The molecule has 28 heavy (non-hydrogen) atoms. The van der Waals surface area contributed by atoms with Crippen LogP contribution in [0.3, 0.4) is 0 Å². The number of halogens is 3. The Labute approximate surface area is 159 Å². The Morgan fingerprint density at radius 1 is 1.07 bits per heavy atom. The van der Waals surface area contributed by atoms with Crippen molar-refractivity contribution in [2.24, 2.45) is 0 Å². The number of benzene rings is 1. The Kier molecular flexibility index (Phi) is 4.62. The largest absolute Gasteiger partial charge is 0.416 e. The number of ether oxygens (including phenoxy) is 1. The van der Waals surface area contributed by atoms with Gasteiger partial charge in [-0.15, -0.1) is 5.10 Å². The molecule has 0 spiro atoms. The number of nitrogens with one attached hydrogen (secondary N) is 1. The second kappa shape index (κ2) is 6.97. The number of fused-ring (bicyclic) bond motifs is 1. The van der Waals surface area contributed by atoms with Crippen molar-refractivity contribution in [1.82, 2.24) is 14.6 Å². The van der Waals surface area contributed by atoms with Crippen molar-refractivity contribution in [1.29, 1.82) is 0 Å². The summed E-state index contributed by atoms with van der Waals surface area (Å²) < 4.78 is 46.7. The number of imidazole rings is 1. The summed E-state index contributed by atoms with van der Waals surface area (Å²) in [4.78, 5) is 6.58. The maximum Gasteiger partial charge on any atom is 0.416 e. The first kappa shape index (κ1) is 18.5. The van der Waals surface area contributed by atoms with Crippen molar-refractivity contribution in [3.63, 3.8) is 0 Å². The lowest BCUT2D eigenvalue weighted by atomic mass is 10.1. The van der Waals surface area contributed by atoms with Gasteiger partial charge in [-0.3, -0.25) is 0 Å². The van der Waals surface area contributed by atoms with E-state index in [4.69, 9.17) is 4.74 Å². The molecule has 0 atom stereocenters. The van der Waals surface area contributed by atoms with Crippen LogP contribution in [0.4, 0.5) is 30.5 Å². The minimum Gasteiger partial charge on any atom is -0.378 e. The normalized spacial score (nSPS) is 15.2. The van der Waals surface area contributed by atoms with Gasteiger partial charge in [-0.05, 0) is 43.7 Å². The molecule has 3 heterocycles. The maximum atomic E-state index is 13.2. The highest BCUT2D eigenvalue weighted by Crippen LogP contribution is 2.35. The molecule has 1 aromatic carbocycles. The van der Waals surface area contributed by atoms with E-state index < -0.39 is 11.7 Å². The standard InChI is InChI=1S/C19H20F3N5O/c1-12-14(19(20,21)22)4-3-5-15(12)24-18-13(2)23-16-6-7-17(25-27(16)18)26-8-10-28-11-9-26/h3-7,24H,8-11H2,1-2H3. The molecule has 1 aliphatic rings. The van der Waals surface area contributed by atoms with Crippen LogP contribution >= 0.6 is 0 Å². The summed E-state index contributed by atoms with van der Waals surface area (Å²) in [5, 5.41) is 7.76. The second-order valence-corrected chi connectivity index (χ2v) is 6.71. The Morgan fingerprint density at radius 2 is 1.82 bits per heavy atom. The fourth-order valence-electron chi connectivity index (χ4n) is 3.34. The lowest BCUT2D eigenvalue weighted by Crippen LogP contribution is -2.37. The first-order chi connectivity index (χ1) is 13.3. The van der Waals surface area contributed by atoms with Gasteiger partial charge in [0.15, 0.2) is 11.5 Å². The summed E-state index contributed by atoms with van der Waals surface area (Å²) in [6.07, 6.45) is -4.40. The summed E-state index contributed by atoms with van der Waals surface area (Å²) in [6, 6.07) is 7.84. The van der Waals surface area contributed by atoms with Crippen LogP contribution in [0.15, 0.2) is 30.3 Å². The zero-order valence-electron chi connectivity index (χ0n) is 15.5. The lowest BCUT2D eigenvalue weighted by molar-refractivity contribution is -0.138. The number of hydrogen-bond acceptors (Lipinski definition) is 5. The zero-order valence-corrected chi connectivity index (χ0v) is 15.5. The molecule has 0 radical (unpaired) electrons. The Bertz CT molecular complexity index is 1010. The van der Waals surface area contributed by atoms with Crippen LogP contribution in [0.5, 0.6) is 0 Å². The van der Waals surface area contributed by atoms with Crippen molar-refractivity contribution >= 4 is 23.0 Å². The quantitative estimate of drug-likeness (QED) is 0.733. The number of alkyl halides is 3. The molecule has 0 saturated carbocycles. The van der Waals surface area contributed by atoms with Crippen LogP contribution in [0.25, 0.3) is 5.65 Å². The maximum absolute atomic E-state index is 13.2. The highest BCUT2D eigenvalue weighted by Gasteiger charge is 2.33. The molecule has 0 unspecified atom stereocenters. The molecule has 0 amide bonds. The minimum atomic E-state index is -4.40. The van der Waals surface area contributed by atoms with Crippen LogP contribution < -0.4 is 10.2 Å². The molecule has 1 aliphatic heterocycles. The molecular formula is C19H20F3N5O. The van der Waals surface area contributed by atoms with Gasteiger partial charge in [0.1, 0.15) is 5.82 Å². The van der Waals surface area contributed by atoms with E-state index in [-0.39, 0.29) is 5.56 Å². The first-order valence-electron chi connectivity index (χ1n) is 8.97. The number of aromatic nitrogens is 3. The number of rotatable bonds is 3. The molecular weight excluding hydrogens is 371 g/mol. The Morgan fingerprint density at radius 3 is 2.54 bits per heavy atom. The van der Waals surface area contributed by atoms with E-state index in [1.807, 2.05) is 12.1 Å². The monoisotopic (exact) mass is 391 g/mol. The van der Waals surface area contributed by atoms with Gasteiger partial charge in [0, 0.05) is 18.8 Å². The van der Waals surface area contributed by atoms with Crippen molar-refractivity contribution in [3.8, 4) is 0 Å². The van der Waals surface area contributed by atoms with Crippen LogP contribution in [-0.2, 0) is 10.9 Å². The number of anilines is 3. The van der Waals surface area contributed by atoms with Crippen LogP contribution in [0, 0.1) is 13.8 Å². The molecule has 0 aliphatic carbocycles. The van der Waals surface area contributed by atoms with Gasteiger partial charge >= 0.3 is 6.18 Å². The van der Waals surface area contributed by atoms with Crippen LogP contribution in [-0.4, -0.2) is 40.9 Å². The third-order valence-corrected chi connectivity index (χ3v) is 4.87. The third-order valence-electron chi connectivity index (χ3n) is 4.87. The molecule has 9 heteroatoms. The predicted molar refractivity (Wildman–Crippen MR) is 100 cm³/mol. The molecule has 148 valence electrons. The van der Waals surface area contributed by atoms with E-state index in [0.717, 1.165) is 25.0 Å². The van der Waals surface area contributed by atoms with Gasteiger partial charge in [0.25, 0.3) is 0 Å². The summed E-state index contributed by atoms with van der Waals surface area (Å²) >= 11 is 0. The molecule has 6 nitrogen and oxygen atoms in total. The smallest absolute Gasteiger partial charge is 0.378 e. The van der Waals surface area contributed by atoms with E-state index in [2.05, 4.69) is 20.3 Å². The predicted octanol–water partition coefficient (Wildman–Crippen LogP) is 3.95. The van der Waals surface area contributed by atoms with Gasteiger partial charge in [0.2, 0.25) is 0 Å². The number of nitrogens with zero attached hydrogens (tertiary/aromatic N) is 4. The SMILES string of the molecule is Cc1nc2ccc(N3CCOCC3)nn2c1Nc1cccc(C(F)(F)F)c1C. The third kappa shape index (κ3) is 3.37. The lowest BCUT2D eigenvalue weighted by Gasteiger charge is -2.27. The highest BCUT2D eigenvalue weighted by atomic mass is 19.4. The zero-order chi connectivity index (χ0) is 19.9. The highest BCUT2D eigenvalue weighted by molar-refractivity contribution is 5.67. The fraction of sp³-hybridized carbons (Fsp3) is 0.368. The summed E-state index contributed by atoms with van der Waals surface area (Å²) in [5.41, 5.74) is 1.13. The van der Waals surface area contributed by atoms with E-state index in [1.165, 1.54) is 13.0 Å². The molecule has 1 N–H and O–H groups in total. The Balaban J connectivity index is 1.74. The van der Waals surface area contributed by atoms with E-state index in [0.29, 0.717) is 36.1 Å². The minimum absolute atomic E-state index is 0.133. The van der Waals surface area contributed by atoms with Crippen LogP contribution in [0.2, 0.25) is 0 Å². The molecule has 2 aromatic heterocycles. The van der Waals surface area contributed by atoms with Gasteiger partial charge < -0.3 is 15.0 Å². The van der Waals surface area contributed by atoms with Crippen molar-refractivity contribution in [3.05, 3.63) is 47.2 Å². The summed E-state index contributed by atoms with van der Waals surface area (Å²) in [6.45, 7) is 6.00. The average Bonchev–Trinajstić information content (AvgIpc) is 2.98. The number of hydrogen-bond donors (Lipinski definition) is 1. The number of aryl methyl sites for hydroxylation is 1. The van der Waals surface area contributed by atoms with Crippen molar-refractivity contribution < 1.29 is 17.9 Å².